The highest BCUT2D eigenvalue weighted by Crippen LogP contribution is 2.21. The van der Waals surface area contributed by atoms with Gasteiger partial charge in [-0.1, -0.05) is 11.8 Å². The fraction of sp³-hybridized carbons (Fsp3) is 0.857. The fourth-order valence-corrected chi connectivity index (χ4v) is 1.85. The normalized spacial score (nSPS) is 25.8. The predicted molar refractivity (Wildman–Crippen MR) is 45.5 cm³/mol. The van der Waals surface area contributed by atoms with Gasteiger partial charge in [-0.3, -0.25) is 4.99 Å². The number of aliphatic imine (C=N–C) groups is 1. The first-order valence-electron chi connectivity index (χ1n) is 3.89. The van der Waals surface area contributed by atoms with Crippen LogP contribution in [0.5, 0.6) is 0 Å². The van der Waals surface area contributed by atoms with E-state index in [0.717, 1.165) is 12.6 Å². The number of nitrogens with one attached hydrogen (secondary N) is 1. The Hall–Kier alpha value is -0.180. The summed E-state index contributed by atoms with van der Waals surface area (Å²) in [4.78, 5) is 4.38. The molecule has 0 saturated heterocycles. The zero-order valence-electron chi connectivity index (χ0n) is 5.97. The summed E-state index contributed by atoms with van der Waals surface area (Å²) >= 11 is 1.87. The number of nitrogens with zero attached hydrogens (tertiary/aromatic N) is 1. The molecule has 0 spiro atoms. The Bertz CT molecular complexity index is 152. The fourth-order valence-electron chi connectivity index (χ4n) is 0.949. The molecular weight excluding hydrogens is 144 g/mol. The third-order valence-corrected chi connectivity index (χ3v) is 2.71. The molecule has 10 heavy (non-hydrogen) atoms. The molecule has 1 heterocycles. The molecule has 1 fully saturated rings. The molecule has 56 valence electrons. The zero-order valence-corrected chi connectivity index (χ0v) is 6.78. The smallest absolute Gasteiger partial charge is 0.156 e. The maximum absolute atomic E-state index is 4.38. The van der Waals surface area contributed by atoms with Gasteiger partial charge in [-0.2, -0.15) is 0 Å². The van der Waals surface area contributed by atoms with Crippen LogP contribution in [-0.4, -0.2) is 23.5 Å². The first-order valence-corrected chi connectivity index (χ1v) is 4.87. The van der Waals surface area contributed by atoms with Crippen LogP contribution in [0.25, 0.3) is 0 Å². The van der Waals surface area contributed by atoms with Crippen LogP contribution < -0.4 is 5.32 Å². The molecule has 1 aliphatic heterocycles. The van der Waals surface area contributed by atoms with E-state index in [1.807, 2.05) is 11.8 Å². The predicted octanol–water partition coefficient (Wildman–Crippen LogP) is 1.23. The van der Waals surface area contributed by atoms with E-state index in [-0.39, 0.29) is 0 Å². The van der Waals surface area contributed by atoms with Crippen LogP contribution in [-0.2, 0) is 0 Å². The summed E-state index contributed by atoms with van der Waals surface area (Å²) in [6, 6.07) is 0.768. The SMILES string of the molecule is C1CN=C(NC2CC2)SC1. The zero-order chi connectivity index (χ0) is 6.81. The van der Waals surface area contributed by atoms with Crippen molar-refractivity contribution < 1.29 is 0 Å². The molecular formula is C7H12N2S. The van der Waals surface area contributed by atoms with E-state index in [4.69, 9.17) is 0 Å². The lowest BCUT2D eigenvalue weighted by Gasteiger charge is -2.11. The largest absolute Gasteiger partial charge is 0.362 e. The van der Waals surface area contributed by atoms with Crippen LogP contribution in [0.2, 0.25) is 0 Å². The highest BCUT2D eigenvalue weighted by atomic mass is 32.2. The first-order chi connectivity index (χ1) is 4.95. The van der Waals surface area contributed by atoms with Crippen LogP contribution in [0.4, 0.5) is 0 Å². The second-order valence-electron chi connectivity index (χ2n) is 2.81. The van der Waals surface area contributed by atoms with Gasteiger partial charge in [0.05, 0.1) is 0 Å². The van der Waals surface area contributed by atoms with Gasteiger partial charge in [0, 0.05) is 18.3 Å². The van der Waals surface area contributed by atoms with E-state index in [9.17, 15) is 0 Å². The molecule has 0 aromatic carbocycles. The number of amidine groups is 1. The summed E-state index contributed by atoms with van der Waals surface area (Å²) < 4.78 is 0. The van der Waals surface area contributed by atoms with Gasteiger partial charge in [-0.15, -0.1) is 0 Å². The van der Waals surface area contributed by atoms with E-state index in [2.05, 4.69) is 10.3 Å². The number of hydrogen-bond donors (Lipinski definition) is 1. The van der Waals surface area contributed by atoms with Crippen LogP contribution >= 0.6 is 11.8 Å². The minimum Gasteiger partial charge on any atom is -0.362 e. The van der Waals surface area contributed by atoms with Gasteiger partial charge in [-0.05, 0) is 19.3 Å². The average molecular weight is 156 g/mol. The van der Waals surface area contributed by atoms with Crippen molar-refractivity contribution in [3.8, 4) is 0 Å². The molecule has 0 atom stereocenters. The van der Waals surface area contributed by atoms with Gasteiger partial charge in [-0.25, -0.2) is 0 Å². The molecule has 2 rings (SSSR count). The number of rotatable bonds is 1. The van der Waals surface area contributed by atoms with Crippen LogP contribution in [0.1, 0.15) is 19.3 Å². The summed E-state index contributed by atoms with van der Waals surface area (Å²) in [6.45, 7) is 1.03. The highest BCUT2D eigenvalue weighted by Gasteiger charge is 2.22. The van der Waals surface area contributed by atoms with E-state index >= 15 is 0 Å². The summed E-state index contributed by atoms with van der Waals surface area (Å²) in [5.74, 6) is 1.25. The van der Waals surface area contributed by atoms with Crippen molar-refractivity contribution in [1.29, 1.82) is 0 Å². The Kier molecular flexibility index (Phi) is 1.84. The second-order valence-corrected chi connectivity index (χ2v) is 3.89. The van der Waals surface area contributed by atoms with Crippen molar-refractivity contribution >= 4 is 16.9 Å². The van der Waals surface area contributed by atoms with Gasteiger partial charge >= 0.3 is 0 Å². The molecule has 1 saturated carbocycles. The molecule has 0 amide bonds. The average Bonchev–Trinajstić information content (AvgIpc) is 2.74. The maximum atomic E-state index is 4.38. The van der Waals surface area contributed by atoms with Crippen molar-refractivity contribution in [2.45, 2.75) is 25.3 Å². The molecule has 2 nitrogen and oxygen atoms in total. The van der Waals surface area contributed by atoms with E-state index < -0.39 is 0 Å². The highest BCUT2D eigenvalue weighted by molar-refractivity contribution is 8.13. The molecule has 0 aromatic rings. The van der Waals surface area contributed by atoms with Crippen molar-refractivity contribution in [3.05, 3.63) is 0 Å². The van der Waals surface area contributed by atoms with Gasteiger partial charge in [0.25, 0.3) is 0 Å². The van der Waals surface area contributed by atoms with Gasteiger partial charge in [0.15, 0.2) is 5.17 Å². The lowest BCUT2D eigenvalue weighted by Crippen LogP contribution is -2.25. The molecule has 3 heteroatoms. The Labute approximate surface area is 65.5 Å². The Morgan fingerprint density at radius 1 is 1.50 bits per heavy atom. The second kappa shape index (κ2) is 2.82. The molecule has 0 unspecified atom stereocenters. The minimum atomic E-state index is 0.768. The van der Waals surface area contributed by atoms with E-state index in [0.29, 0.717) is 0 Å². The van der Waals surface area contributed by atoms with Crippen LogP contribution in [0.3, 0.4) is 0 Å². The lowest BCUT2D eigenvalue weighted by molar-refractivity contribution is 0.877. The molecule has 0 radical (unpaired) electrons. The molecule has 0 bridgehead atoms. The molecule has 2 aliphatic rings. The minimum absolute atomic E-state index is 0.768. The first kappa shape index (κ1) is 6.53. The maximum Gasteiger partial charge on any atom is 0.156 e. The van der Waals surface area contributed by atoms with Gasteiger partial charge in [0.2, 0.25) is 0 Å². The number of hydrogen-bond acceptors (Lipinski definition) is 3. The van der Waals surface area contributed by atoms with E-state index in [1.165, 1.54) is 30.2 Å². The van der Waals surface area contributed by atoms with E-state index in [1.54, 1.807) is 0 Å². The molecule has 0 aromatic heterocycles. The summed E-state index contributed by atoms with van der Waals surface area (Å²) in [7, 11) is 0. The topological polar surface area (TPSA) is 24.4 Å². The standard InChI is InChI=1S/C7H12N2S/c1-4-8-7(10-5-1)9-6-2-3-6/h6H,1-5H2,(H,8,9). The number of thioether (sulfide) groups is 1. The van der Waals surface area contributed by atoms with Gasteiger partial charge < -0.3 is 5.32 Å². The molecule has 1 N–H and O–H groups in total. The third kappa shape index (κ3) is 1.66. The third-order valence-electron chi connectivity index (χ3n) is 1.70. The van der Waals surface area contributed by atoms with Crippen molar-refractivity contribution in [3.63, 3.8) is 0 Å². The molecule has 1 aliphatic carbocycles. The van der Waals surface area contributed by atoms with Gasteiger partial charge in [0.1, 0.15) is 0 Å². The summed E-state index contributed by atoms with van der Waals surface area (Å²) in [5, 5.41) is 4.59. The monoisotopic (exact) mass is 156 g/mol. The Morgan fingerprint density at radius 3 is 3.00 bits per heavy atom. The Balaban J connectivity index is 1.83. The van der Waals surface area contributed by atoms with Crippen LogP contribution in [0, 0.1) is 0 Å². The van der Waals surface area contributed by atoms with Crippen molar-refractivity contribution in [2.75, 3.05) is 12.3 Å². The van der Waals surface area contributed by atoms with Crippen LogP contribution in [0.15, 0.2) is 4.99 Å². The van der Waals surface area contributed by atoms with Crippen molar-refractivity contribution in [1.82, 2.24) is 5.32 Å². The lowest BCUT2D eigenvalue weighted by atomic mass is 10.5. The summed E-state index contributed by atoms with van der Waals surface area (Å²) in [6.07, 6.45) is 3.94. The Morgan fingerprint density at radius 2 is 2.40 bits per heavy atom. The quantitative estimate of drug-likeness (QED) is 0.617. The summed E-state index contributed by atoms with van der Waals surface area (Å²) in [5.41, 5.74) is 0. The van der Waals surface area contributed by atoms with Crippen molar-refractivity contribution in [2.24, 2.45) is 4.99 Å².